The quantitative estimate of drug-likeness (QED) is 0.771. The number of piperidine rings is 1. The first-order valence-corrected chi connectivity index (χ1v) is 6.80. The Hall–Kier alpha value is -0.970. The lowest BCUT2D eigenvalue weighted by Crippen LogP contribution is -2.35. The molecule has 1 fully saturated rings. The van der Waals surface area contributed by atoms with Gasteiger partial charge in [-0.25, -0.2) is 0 Å². The molecule has 4 nitrogen and oxygen atoms in total. The second-order valence-corrected chi connectivity index (χ2v) is 5.17. The van der Waals surface area contributed by atoms with E-state index in [0.717, 1.165) is 44.3 Å². The van der Waals surface area contributed by atoms with Crippen LogP contribution < -0.4 is 5.32 Å². The topological polar surface area (TPSA) is 53.9 Å². The summed E-state index contributed by atoms with van der Waals surface area (Å²) in [5, 5.41) is 13.1. The van der Waals surface area contributed by atoms with Gasteiger partial charge in [0.15, 0.2) is 6.23 Å². The molecule has 1 aliphatic carbocycles. The van der Waals surface area contributed by atoms with Gasteiger partial charge in [-0.1, -0.05) is 6.08 Å². The number of fused-ring (bicyclic) bond motifs is 1. The fraction of sp³-hybridized carbons (Fsp3) is 0.643. The molecular formula is C14H20N2O2. The first-order valence-electron chi connectivity index (χ1n) is 6.80. The van der Waals surface area contributed by atoms with Crippen LogP contribution in [-0.4, -0.2) is 42.8 Å². The van der Waals surface area contributed by atoms with E-state index < -0.39 is 6.23 Å². The molecule has 2 heterocycles. The third-order valence-electron chi connectivity index (χ3n) is 3.87. The van der Waals surface area contributed by atoms with Crippen molar-refractivity contribution in [1.82, 2.24) is 5.32 Å². The Balaban J connectivity index is 1.62. The van der Waals surface area contributed by atoms with Crippen LogP contribution in [0.15, 0.2) is 28.3 Å². The van der Waals surface area contributed by atoms with E-state index in [0.29, 0.717) is 6.10 Å². The molecule has 2 N–H and O–H groups in total. The van der Waals surface area contributed by atoms with Gasteiger partial charge in [-0.2, -0.15) is 0 Å². The lowest BCUT2D eigenvalue weighted by molar-refractivity contribution is -0.0259. The average Bonchev–Trinajstić information content (AvgIpc) is 2.40. The number of dihydropyridines is 1. The molecule has 0 saturated carbocycles. The van der Waals surface area contributed by atoms with Crippen molar-refractivity contribution in [1.29, 1.82) is 0 Å². The van der Waals surface area contributed by atoms with Crippen LogP contribution in [0.3, 0.4) is 0 Å². The van der Waals surface area contributed by atoms with Crippen LogP contribution in [0.2, 0.25) is 0 Å². The predicted octanol–water partition coefficient (Wildman–Crippen LogP) is 1.17. The van der Waals surface area contributed by atoms with E-state index in [4.69, 9.17) is 4.74 Å². The summed E-state index contributed by atoms with van der Waals surface area (Å²) in [7, 11) is 0. The summed E-state index contributed by atoms with van der Waals surface area (Å²) in [5.74, 6) is 0. The van der Waals surface area contributed by atoms with Gasteiger partial charge < -0.3 is 15.2 Å². The molecule has 0 amide bonds. The van der Waals surface area contributed by atoms with Crippen molar-refractivity contribution in [3.8, 4) is 0 Å². The first-order chi connectivity index (χ1) is 8.83. The van der Waals surface area contributed by atoms with Gasteiger partial charge in [-0.15, -0.1) is 0 Å². The molecule has 0 aromatic heterocycles. The Morgan fingerprint density at radius 1 is 1.28 bits per heavy atom. The van der Waals surface area contributed by atoms with Crippen LogP contribution in [0.25, 0.3) is 0 Å². The van der Waals surface area contributed by atoms with Gasteiger partial charge in [0.25, 0.3) is 0 Å². The highest BCUT2D eigenvalue weighted by atomic mass is 16.5. The van der Waals surface area contributed by atoms with E-state index >= 15 is 0 Å². The lowest BCUT2D eigenvalue weighted by atomic mass is 9.89. The van der Waals surface area contributed by atoms with Gasteiger partial charge in [0, 0.05) is 11.8 Å². The maximum atomic E-state index is 9.76. The summed E-state index contributed by atoms with van der Waals surface area (Å²) in [6, 6.07) is 0. The highest BCUT2D eigenvalue weighted by Gasteiger charge is 2.27. The molecule has 4 heteroatoms. The van der Waals surface area contributed by atoms with E-state index in [1.165, 1.54) is 5.57 Å². The fourth-order valence-electron chi connectivity index (χ4n) is 2.87. The number of hydrogen-bond donors (Lipinski definition) is 2. The molecule has 3 aliphatic rings. The van der Waals surface area contributed by atoms with Gasteiger partial charge in [0.1, 0.15) is 0 Å². The molecule has 0 bridgehead atoms. The Morgan fingerprint density at radius 2 is 2.11 bits per heavy atom. The maximum absolute atomic E-state index is 9.76. The Morgan fingerprint density at radius 3 is 2.94 bits per heavy atom. The summed E-state index contributed by atoms with van der Waals surface area (Å²) >= 11 is 0. The summed E-state index contributed by atoms with van der Waals surface area (Å²) in [6.45, 7) is 2.12. The van der Waals surface area contributed by atoms with Crippen molar-refractivity contribution in [2.75, 3.05) is 13.1 Å². The number of nitrogens with zero attached hydrogens (tertiary/aromatic N) is 1. The van der Waals surface area contributed by atoms with Gasteiger partial charge in [-0.05, 0) is 50.4 Å². The van der Waals surface area contributed by atoms with Gasteiger partial charge in [0.05, 0.1) is 12.2 Å². The monoisotopic (exact) mass is 248 g/mol. The summed E-state index contributed by atoms with van der Waals surface area (Å²) in [4.78, 5) is 3.99. The van der Waals surface area contributed by atoms with Crippen molar-refractivity contribution in [3.05, 3.63) is 23.3 Å². The lowest BCUT2D eigenvalue weighted by Gasteiger charge is -2.32. The normalized spacial score (nSPS) is 32.7. The maximum Gasteiger partial charge on any atom is 0.171 e. The third-order valence-corrected chi connectivity index (χ3v) is 3.87. The number of rotatable bonds is 2. The summed E-state index contributed by atoms with van der Waals surface area (Å²) < 4.78 is 6.16. The fourth-order valence-corrected chi connectivity index (χ4v) is 2.87. The molecule has 0 spiro atoms. The average molecular weight is 248 g/mol. The van der Waals surface area contributed by atoms with E-state index in [9.17, 15) is 5.11 Å². The van der Waals surface area contributed by atoms with Gasteiger partial charge in [-0.3, -0.25) is 4.99 Å². The Bertz CT molecular complexity index is 395. The van der Waals surface area contributed by atoms with Crippen molar-refractivity contribution in [3.63, 3.8) is 0 Å². The van der Waals surface area contributed by atoms with Gasteiger partial charge >= 0.3 is 0 Å². The molecule has 18 heavy (non-hydrogen) atoms. The smallest absolute Gasteiger partial charge is 0.171 e. The largest absolute Gasteiger partial charge is 0.374 e. The zero-order valence-electron chi connectivity index (χ0n) is 10.5. The van der Waals surface area contributed by atoms with Crippen molar-refractivity contribution in [2.45, 2.75) is 44.1 Å². The van der Waals surface area contributed by atoms with Crippen molar-refractivity contribution >= 4 is 6.21 Å². The van der Waals surface area contributed by atoms with E-state index in [-0.39, 0.29) is 6.10 Å². The predicted molar refractivity (Wildman–Crippen MR) is 70.7 cm³/mol. The van der Waals surface area contributed by atoms with Crippen LogP contribution in [0.4, 0.5) is 0 Å². The van der Waals surface area contributed by atoms with E-state index in [2.05, 4.69) is 16.4 Å². The first kappa shape index (κ1) is 12.1. The minimum absolute atomic E-state index is 0.266. The van der Waals surface area contributed by atoms with E-state index in [1.54, 1.807) is 6.21 Å². The molecule has 98 valence electrons. The zero-order valence-corrected chi connectivity index (χ0v) is 10.5. The molecule has 0 aromatic carbocycles. The number of hydrogen-bond acceptors (Lipinski definition) is 4. The minimum atomic E-state index is -0.662. The SMILES string of the molecule is OC1N=CC=C2CC(OC3CCNCC3)CC=C21. The van der Waals surface area contributed by atoms with Gasteiger partial charge in [0.2, 0.25) is 0 Å². The molecule has 2 unspecified atom stereocenters. The molecule has 1 saturated heterocycles. The Labute approximate surface area is 107 Å². The van der Waals surface area contributed by atoms with Crippen LogP contribution in [0, 0.1) is 0 Å². The molecule has 0 aromatic rings. The summed E-state index contributed by atoms with van der Waals surface area (Å²) in [6.07, 6.45) is 9.79. The number of ether oxygens (including phenoxy) is 1. The van der Waals surface area contributed by atoms with Crippen LogP contribution in [0.1, 0.15) is 25.7 Å². The molecule has 0 radical (unpaired) electrons. The zero-order chi connectivity index (χ0) is 12.4. The second-order valence-electron chi connectivity index (χ2n) is 5.17. The number of allylic oxidation sites excluding steroid dienone is 1. The van der Waals surface area contributed by atoms with Crippen molar-refractivity contribution in [2.24, 2.45) is 4.99 Å². The summed E-state index contributed by atoms with van der Waals surface area (Å²) in [5.41, 5.74) is 2.16. The minimum Gasteiger partial charge on any atom is -0.374 e. The molecule has 2 atom stereocenters. The number of nitrogens with one attached hydrogen (secondary N) is 1. The van der Waals surface area contributed by atoms with Crippen LogP contribution in [-0.2, 0) is 4.74 Å². The second kappa shape index (κ2) is 5.34. The molecule has 2 aliphatic heterocycles. The molecule has 3 rings (SSSR count). The number of aliphatic hydroxyl groups is 1. The standard InChI is InChI=1S/C14H20N2O2/c17-14-13-2-1-12(9-10(13)3-8-16-14)18-11-4-6-15-7-5-11/h2-3,8,11-12,14-15,17H,1,4-7,9H2. The van der Waals surface area contributed by atoms with Crippen LogP contribution >= 0.6 is 0 Å². The highest BCUT2D eigenvalue weighted by molar-refractivity contribution is 5.76. The van der Waals surface area contributed by atoms with Crippen molar-refractivity contribution < 1.29 is 9.84 Å². The number of aliphatic imine (C=N–C) groups is 1. The Kier molecular flexibility index (Phi) is 3.59. The molecular weight excluding hydrogens is 228 g/mol. The van der Waals surface area contributed by atoms with Crippen LogP contribution in [0.5, 0.6) is 0 Å². The number of aliphatic hydroxyl groups excluding tert-OH is 1. The highest BCUT2D eigenvalue weighted by Crippen LogP contribution is 2.31. The van der Waals surface area contributed by atoms with E-state index in [1.807, 2.05) is 6.08 Å². The third kappa shape index (κ3) is 2.55.